The third-order valence-electron chi connectivity index (χ3n) is 5.16. The molecule has 5 heterocycles. The maximum atomic E-state index is 4.97. The van der Waals surface area contributed by atoms with E-state index in [2.05, 4.69) is 55.8 Å². The van der Waals surface area contributed by atoms with Crippen molar-refractivity contribution in [3.63, 3.8) is 0 Å². The van der Waals surface area contributed by atoms with Gasteiger partial charge in [-0.1, -0.05) is 12.1 Å². The molecular weight excluding hydrogens is 362 g/mol. The molecule has 5 rings (SSSR count). The van der Waals surface area contributed by atoms with Gasteiger partial charge in [0.15, 0.2) is 0 Å². The maximum Gasteiger partial charge on any atom is 0.140 e. The summed E-state index contributed by atoms with van der Waals surface area (Å²) in [6.45, 7) is 4.55. The van der Waals surface area contributed by atoms with Gasteiger partial charge in [0.1, 0.15) is 17.3 Å². The fourth-order valence-electron chi connectivity index (χ4n) is 3.67. The number of aromatic amines is 1. The van der Waals surface area contributed by atoms with E-state index in [0.29, 0.717) is 6.54 Å². The molecule has 3 N–H and O–H groups in total. The number of hydrogen-bond acceptors (Lipinski definition) is 6. The van der Waals surface area contributed by atoms with E-state index in [1.807, 2.05) is 24.4 Å². The Labute approximate surface area is 169 Å². The van der Waals surface area contributed by atoms with Gasteiger partial charge in [0.05, 0.1) is 17.9 Å². The summed E-state index contributed by atoms with van der Waals surface area (Å²) < 4.78 is 0. The first-order valence-corrected chi connectivity index (χ1v) is 9.92. The Morgan fingerprint density at radius 2 is 1.93 bits per heavy atom. The molecule has 1 aliphatic rings. The van der Waals surface area contributed by atoms with Crippen LogP contribution >= 0.6 is 0 Å². The van der Waals surface area contributed by atoms with E-state index < -0.39 is 0 Å². The summed E-state index contributed by atoms with van der Waals surface area (Å²) in [5.74, 6) is 1.82. The van der Waals surface area contributed by atoms with Gasteiger partial charge >= 0.3 is 0 Å². The summed E-state index contributed by atoms with van der Waals surface area (Å²) in [4.78, 5) is 19.6. The number of H-pyrrole nitrogens is 1. The normalized spacial score (nSPS) is 14.3. The lowest BCUT2D eigenvalue weighted by Gasteiger charge is -2.28. The Bertz CT molecular complexity index is 1100. The zero-order valence-corrected chi connectivity index (χ0v) is 16.1. The Balaban J connectivity index is 1.48. The molecule has 0 bridgehead atoms. The molecule has 4 aromatic heterocycles. The molecule has 0 radical (unpaired) electrons. The summed E-state index contributed by atoms with van der Waals surface area (Å²) in [5.41, 5.74) is 3.84. The van der Waals surface area contributed by atoms with Gasteiger partial charge in [0.2, 0.25) is 0 Å². The second kappa shape index (κ2) is 7.89. The first-order chi connectivity index (χ1) is 14.4. The minimum Gasteiger partial charge on any atom is -0.364 e. The average molecular weight is 385 g/mol. The highest BCUT2D eigenvalue weighted by Gasteiger charge is 2.15. The van der Waals surface area contributed by atoms with Crippen molar-refractivity contribution in [1.29, 1.82) is 0 Å². The molecule has 29 heavy (non-hydrogen) atoms. The molecule has 1 aliphatic heterocycles. The number of nitrogens with one attached hydrogen (secondary N) is 3. The molecule has 7 nitrogen and oxygen atoms in total. The Kier molecular flexibility index (Phi) is 4.80. The molecule has 0 atom stereocenters. The zero-order valence-electron chi connectivity index (χ0n) is 16.1. The van der Waals surface area contributed by atoms with Gasteiger partial charge < -0.3 is 20.5 Å². The number of nitrogens with zero attached hydrogens (tertiary/aromatic N) is 4. The fourth-order valence-corrected chi connectivity index (χ4v) is 3.67. The van der Waals surface area contributed by atoms with Crippen molar-refractivity contribution >= 4 is 22.7 Å². The van der Waals surface area contributed by atoms with Crippen LogP contribution < -0.4 is 15.5 Å². The fraction of sp³-hybridized carbons (Fsp3) is 0.227. The van der Waals surface area contributed by atoms with Crippen LogP contribution in [0.1, 0.15) is 5.69 Å². The number of pyridine rings is 3. The monoisotopic (exact) mass is 385 g/mol. The first-order valence-electron chi connectivity index (χ1n) is 9.92. The van der Waals surface area contributed by atoms with Crippen molar-refractivity contribution in [1.82, 2.24) is 25.3 Å². The molecular formula is C22H23N7. The second-order valence-electron chi connectivity index (χ2n) is 7.09. The summed E-state index contributed by atoms with van der Waals surface area (Å²) in [6, 6.07) is 16.3. The standard InChI is InChI=1S/C22H23N7/c1-2-8-24-16(4-1)15-26-20-14-18(17-7-9-25-22(17)28-20)19-5-3-6-21(27-19)29-12-10-23-11-13-29/h1-9,14,23H,10-13,15H2,(H2,25,26,28). The van der Waals surface area contributed by atoms with Gasteiger partial charge in [0, 0.05) is 49.5 Å². The molecule has 0 spiro atoms. The number of fused-ring (bicyclic) bond motifs is 1. The van der Waals surface area contributed by atoms with E-state index in [1.165, 1.54) is 0 Å². The molecule has 146 valence electrons. The lowest BCUT2D eigenvalue weighted by molar-refractivity contribution is 0.585. The Morgan fingerprint density at radius 3 is 2.79 bits per heavy atom. The highest BCUT2D eigenvalue weighted by atomic mass is 15.2. The van der Waals surface area contributed by atoms with E-state index >= 15 is 0 Å². The molecule has 0 amide bonds. The third kappa shape index (κ3) is 3.77. The molecule has 0 unspecified atom stereocenters. The van der Waals surface area contributed by atoms with Crippen LogP contribution in [-0.2, 0) is 6.54 Å². The number of piperazine rings is 1. The van der Waals surface area contributed by atoms with Gasteiger partial charge in [-0.2, -0.15) is 0 Å². The number of rotatable bonds is 5. The molecule has 0 aliphatic carbocycles. The predicted molar refractivity (Wildman–Crippen MR) is 116 cm³/mol. The highest BCUT2D eigenvalue weighted by Crippen LogP contribution is 2.30. The maximum absolute atomic E-state index is 4.97. The quantitative estimate of drug-likeness (QED) is 0.490. The summed E-state index contributed by atoms with van der Waals surface area (Å²) >= 11 is 0. The van der Waals surface area contributed by atoms with Crippen LogP contribution in [0.2, 0.25) is 0 Å². The zero-order chi connectivity index (χ0) is 19.5. The van der Waals surface area contributed by atoms with Crippen LogP contribution in [0.15, 0.2) is 60.9 Å². The highest BCUT2D eigenvalue weighted by molar-refractivity contribution is 5.93. The van der Waals surface area contributed by atoms with Gasteiger partial charge in [0.25, 0.3) is 0 Å². The predicted octanol–water partition coefficient (Wildman–Crippen LogP) is 3.04. The number of hydrogen-bond donors (Lipinski definition) is 3. The molecule has 1 fully saturated rings. The van der Waals surface area contributed by atoms with E-state index in [0.717, 1.165) is 65.8 Å². The van der Waals surface area contributed by atoms with Gasteiger partial charge in [-0.05, 0) is 36.4 Å². The van der Waals surface area contributed by atoms with Crippen LogP contribution in [0, 0.1) is 0 Å². The van der Waals surface area contributed by atoms with Crippen LogP contribution in [0.3, 0.4) is 0 Å². The smallest absolute Gasteiger partial charge is 0.140 e. The molecule has 0 aromatic carbocycles. The number of anilines is 2. The molecule has 0 saturated carbocycles. The van der Waals surface area contributed by atoms with E-state index in [4.69, 9.17) is 9.97 Å². The lowest BCUT2D eigenvalue weighted by atomic mass is 10.1. The van der Waals surface area contributed by atoms with E-state index in [-0.39, 0.29) is 0 Å². The minimum atomic E-state index is 0.619. The topological polar surface area (TPSA) is 81.8 Å². The van der Waals surface area contributed by atoms with Gasteiger partial charge in [-0.25, -0.2) is 9.97 Å². The molecule has 1 saturated heterocycles. The van der Waals surface area contributed by atoms with Crippen molar-refractivity contribution in [2.24, 2.45) is 0 Å². The van der Waals surface area contributed by atoms with Gasteiger partial charge in [-0.15, -0.1) is 0 Å². The summed E-state index contributed by atoms with van der Waals surface area (Å²) in [7, 11) is 0. The number of aromatic nitrogens is 4. The van der Waals surface area contributed by atoms with Crippen molar-refractivity contribution in [2.45, 2.75) is 6.54 Å². The van der Waals surface area contributed by atoms with E-state index in [1.54, 1.807) is 6.20 Å². The van der Waals surface area contributed by atoms with Crippen LogP contribution in [0.25, 0.3) is 22.3 Å². The van der Waals surface area contributed by atoms with Crippen molar-refractivity contribution in [2.75, 3.05) is 36.4 Å². The lowest BCUT2D eigenvalue weighted by Crippen LogP contribution is -2.43. The second-order valence-corrected chi connectivity index (χ2v) is 7.09. The van der Waals surface area contributed by atoms with Crippen molar-refractivity contribution < 1.29 is 0 Å². The Hall–Kier alpha value is -3.45. The van der Waals surface area contributed by atoms with Crippen molar-refractivity contribution in [3.05, 3.63) is 66.6 Å². The SMILES string of the molecule is c1ccc(CNc2cc(-c3cccc(N4CCNCC4)n3)c3cc[nH]c3n2)nc1. The van der Waals surface area contributed by atoms with E-state index in [9.17, 15) is 0 Å². The average Bonchev–Trinajstić information content (AvgIpc) is 3.27. The molecule has 7 heteroatoms. The van der Waals surface area contributed by atoms with Crippen LogP contribution in [0.5, 0.6) is 0 Å². The van der Waals surface area contributed by atoms with Crippen LogP contribution in [-0.4, -0.2) is 46.1 Å². The van der Waals surface area contributed by atoms with Gasteiger partial charge in [-0.3, -0.25) is 4.98 Å². The summed E-state index contributed by atoms with van der Waals surface area (Å²) in [5, 5.41) is 7.85. The third-order valence-corrected chi connectivity index (χ3v) is 5.16. The van der Waals surface area contributed by atoms with Crippen LogP contribution in [0.4, 0.5) is 11.6 Å². The molecule has 4 aromatic rings. The van der Waals surface area contributed by atoms with Crippen molar-refractivity contribution in [3.8, 4) is 11.3 Å². The summed E-state index contributed by atoms with van der Waals surface area (Å²) in [6.07, 6.45) is 3.72. The Morgan fingerprint density at radius 1 is 1.00 bits per heavy atom. The minimum absolute atomic E-state index is 0.619. The first kappa shape index (κ1) is 17.6. The largest absolute Gasteiger partial charge is 0.364 e.